The molecule has 0 radical (unpaired) electrons. The van der Waals surface area contributed by atoms with Gasteiger partial charge >= 0.3 is 0 Å². The largest absolute Gasteiger partial charge is 0.348 e. The van der Waals surface area contributed by atoms with E-state index < -0.39 is 10.0 Å². The molecule has 0 bridgehead atoms. The summed E-state index contributed by atoms with van der Waals surface area (Å²) in [6.45, 7) is 5.92. The molecule has 6 heteroatoms. The molecule has 0 N–H and O–H groups in total. The molecule has 1 aromatic heterocycles. The van der Waals surface area contributed by atoms with Gasteiger partial charge in [0.05, 0.1) is 0 Å². The first-order chi connectivity index (χ1) is 14.0. The Hall–Kier alpha value is -2.70. The van der Waals surface area contributed by atoms with Crippen LogP contribution in [0.4, 0.5) is 5.82 Å². The van der Waals surface area contributed by atoms with Gasteiger partial charge in [0.25, 0.3) is 0 Å². The minimum Gasteiger partial charge on any atom is -0.348 e. The predicted molar refractivity (Wildman–Crippen MR) is 117 cm³/mol. The van der Waals surface area contributed by atoms with Gasteiger partial charge in [-0.25, -0.2) is 13.4 Å². The average molecular weight is 410 g/mol. The van der Waals surface area contributed by atoms with Crippen LogP contribution in [0.25, 0.3) is 0 Å². The van der Waals surface area contributed by atoms with Gasteiger partial charge in [-0.3, -0.25) is 0 Å². The Morgan fingerprint density at radius 1 is 0.759 bits per heavy atom. The van der Waals surface area contributed by atoms with Crippen LogP contribution in [0.2, 0.25) is 0 Å². The van der Waals surface area contributed by atoms with Crippen molar-refractivity contribution in [1.29, 1.82) is 0 Å². The van der Waals surface area contributed by atoms with Gasteiger partial charge in [-0.1, -0.05) is 74.5 Å². The number of hydrogen-bond acceptors (Lipinski definition) is 4. The van der Waals surface area contributed by atoms with E-state index in [0.29, 0.717) is 26.2 Å². The normalized spacial score (nSPS) is 11.6. The van der Waals surface area contributed by atoms with Crippen LogP contribution in [0.3, 0.4) is 0 Å². The maximum Gasteiger partial charge on any atom is 0.244 e. The molecule has 3 aromatic rings. The Bertz CT molecular complexity index is 946. The summed E-state index contributed by atoms with van der Waals surface area (Å²) in [7, 11) is -3.51. The summed E-state index contributed by atoms with van der Waals surface area (Å²) < 4.78 is 26.9. The molecule has 2 aromatic carbocycles. The number of nitrogens with zero attached hydrogens (tertiary/aromatic N) is 3. The molecule has 0 unspecified atom stereocenters. The van der Waals surface area contributed by atoms with Crippen LogP contribution in [-0.2, 0) is 23.1 Å². The second-order valence-electron chi connectivity index (χ2n) is 6.77. The van der Waals surface area contributed by atoms with Gasteiger partial charge < -0.3 is 4.90 Å². The van der Waals surface area contributed by atoms with Crippen LogP contribution in [0.5, 0.6) is 0 Å². The van der Waals surface area contributed by atoms with Crippen molar-refractivity contribution in [2.45, 2.75) is 31.8 Å². The van der Waals surface area contributed by atoms with Crippen LogP contribution in [0, 0.1) is 0 Å². The molecule has 0 spiro atoms. The minimum absolute atomic E-state index is 0.226. The van der Waals surface area contributed by atoms with Gasteiger partial charge in [-0.05, 0) is 23.3 Å². The second-order valence-corrected chi connectivity index (χ2v) is 8.71. The first-order valence-corrected chi connectivity index (χ1v) is 11.3. The van der Waals surface area contributed by atoms with E-state index in [9.17, 15) is 8.42 Å². The number of hydrogen-bond donors (Lipinski definition) is 0. The monoisotopic (exact) mass is 409 g/mol. The van der Waals surface area contributed by atoms with Crippen molar-refractivity contribution in [1.82, 2.24) is 9.29 Å². The van der Waals surface area contributed by atoms with E-state index in [1.807, 2.05) is 50.2 Å². The van der Waals surface area contributed by atoms with Crippen molar-refractivity contribution in [3.63, 3.8) is 0 Å². The standard InChI is InChI=1S/C23H27N3O2S/c1-3-26(4-2)29(27,28)22-15-16-23(24-17-22)25(18-20-11-7-5-8-12-20)19-21-13-9-6-10-14-21/h5-17H,3-4,18-19H2,1-2H3. The van der Waals surface area contributed by atoms with Gasteiger partial charge in [0.1, 0.15) is 10.7 Å². The topological polar surface area (TPSA) is 53.5 Å². The first kappa shape index (κ1) is 21.0. The Morgan fingerprint density at radius 2 is 1.28 bits per heavy atom. The van der Waals surface area contributed by atoms with Crippen molar-refractivity contribution in [2.75, 3.05) is 18.0 Å². The van der Waals surface area contributed by atoms with Crippen molar-refractivity contribution >= 4 is 15.8 Å². The highest BCUT2D eigenvalue weighted by molar-refractivity contribution is 7.89. The summed E-state index contributed by atoms with van der Waals surface area (Å²) in [5, 5.41) is 0. The molecule has 0 aliphatic carbocycles. The predicted octanol–water partition coefficient (Wildman–Crippen LogP) is 4.32. The molecule has 0 amide bonds. The molecular weight excluding hydrogens is 382 g/mol. The third kappa shape index (κ3) is 5.22. The molecule has 0 fully saturated rings. The number of aromatic nitrogens is 1. The molecule has 0 saturated carbocycles. The van der Waals surface area contributed by atoms with Gasteiger partial charge in [0, 0.05) is 32.4 Å². The van der Waals surface area contributed by atoms with E-state index >= 15 is 0 Å². The van der Waals surface area contributed by atoms with E-state index in [1.54, 1.807) is 12.1 Å². The quantitative estimate of drug-likeness (QED) is 0.528. The fraction of sp³-hybridized carbons (Fsp3) is 0.261. The van der Waals surface area contributed by atoms with Crippen LogP contribution < -0.4 is 4.90 Å². The average Bonchev–Trinajstić information content (AvgIpc) is 2.75. The molecule has 0 aliphatic rings. The Morgan fingerprint density at radius 3 is 1.69 bits per heavy atom. The second kappa shape index (κ2) is 9.67. The molecular formula is C23H27N3O2S. The van der Waals surface area contributed by atoms with E-state index in [4.69, 9.17) is 0 Å². The van der Waals surface area contributed by atoms with Crippen LogP contribution in [-0.4, -0.2) is 30.8 Å². The summed E-state index contributed by atoms with van der Waals surface area (Å²) in [5.74, 6) is 0.746. The number of rotatable bonds is 9. The van der Waals surface area contributed by atoms with E-state index in [2.05, 4.69) is 34.1 Å². The summed E-state index contributed by atoms with van der Waals surface area (Å²) in [6.07, 6.45) is 1.46. The smallest absolute Gasteiger partial charge is 0.244 e. The zero-order valence-electron chi connectivity index (χ0n) is 16.9. The van der Waals surface area contributed by atoms with Crippen LogP contribution in [0.15, 0.2) is 83.9 Å². The number of benzene rings is 2. The molecule has 0 saturated heterocycles. The lowest BCUT2D eigenvalue weighted by atomic mass is 10.1. The zero-order chi connectivity index (χ0) is 20.7. The molecule has 3 rings (SSSR count). The summed E-state index contributed by atoms with van der Waals surface area (Å²) in [4.78, 5) is 6.89. The maximum atomic E-state index is 12.7. The van der Waals surface area contributed by atoms with Gasteiger partial charge in [-0.15, -0.1) is 0 Å². The lowest BCUT2D eigenvalue weighted by Crippen LogP contribution is -2.30. The molecule has 0 atom stereocenters. The fourth-order valence-electron chi connectivity index (χ4n) is 3.25. The summed E-state index contributed by atoms with van der Waals surface area (Å²) >= 11 is 0. The number of anilines is 1. The number of sulfonamides is 1. The Kier molecular flexibility index (Phi) is 7.01. The zero-order valence-corrected chi connectivity index (χ0v) is 17.7. The maximum absolute atomic E-state index is 12.7. The van der Waals surface area contributed by atoms with Crippen molar-refractivity contribution < 1.29 is 8.42 Å². The van der Waals surface area contributed by atoms with Crippen LogP contribution in [0.1, 0.15) is 25.0 Å². The van der Waals surface area contributed by atoms with Crippen molar-refractivity contribution in [2.24, 2.45) is 0 Å². The molecule has 29 heavy (non-hydrogen) atoms. The van der Waals surface area contributed by atoms with Gasteiger partial charge in [0.2, 0.25) is 10.0 Å². The van der Waals surface area contributed by atoms with Crippen molar-refractivity contribution in [3.05, 3.63) is 90.1 Å². The van der Waals surface area contributed by atoms with E-state index in [0.717, 1.165) is 5.82 Å². The Balaban J connectivity index is 1.89. The SMILES string of the molecule is CCN(CC)S(=O)(=O)c1ccc(N(Cc2ccccc2)Cc2ccccc2)nc1. The van der Waals surface area contributed by atoms with Gasteiger partial charge in [0.15, 0.2) is 0 Å². The van der Waals surface area contributed by atoms with Crippen LogP contribution >= 0.6 is 0 Å². The number of pyridine rings is 1. The molecule has 0 aliphatic heterocycles. The highest BCUT2D eigenvalue weighted by Crippen LogP contribution is 2.21. The third-order valence-electron chi connectivity index (χ3n) is 4.82. The fourth-order valence-corrected chi connectivity index (χ4v) is 4.65. The van der Waals surface area contributed by atoms with Gasteiger partial charge in [-0.2, -0.15) is 4.31 Å². The highest BCUT2D eigenvalue weighted by Gasteiger charge is 2.22. The third-order valence-corrected chi connectivity index (χ3v) is 6.85. The van der Waals surface area contributed by atoms with E-state index in [1.165, 1.54) is 21.6 Å². The minimum atomic E-state index is -3.51. The lowest BCUT2D eigenvalue weighted by Gasteiger charge is -2.25. The molecule has 1 heterocycles. The molecule has 152 valence electrons. The lowest BCUT2D eigenvalue weighted by molar-refractivity contribution is 0.445. The summed E-state index contributed by atoms with van der Waals surface area (Å²) in [6, 6.07) is 23.8. The highest BCUT2D eigenvalue weighted by atomic mass is 32.2. The molecule has 5 nitrogen and oxygen atoms in total. The first-order valence-electron chi connectivity index (χ1n) is 9.83. The summed E-state index contributed by atoms with van der Waals surface area (Å²) in [5.41, 5.74) is 2.34. The Labute approximate surface area is 173 Å². The van der Waals surface area contributed by atoms with Crippen molar-refractivity contribution in [3.8, 4) is 0 Å². The van der Waals surface area contributed by atoms with E-state index in [-0.39, 0.29) is 4.90 Å².